The summed E-state index contributed by atoms with van der Waals surface area (Å²) in [6.45, 7) is 13.3. The lowest BCUT2D eigenvalue weighted by Crippen LogP contribution is -2.10. The fraction of sp³-hybridized carbons (Fsp3) is 0.100. The molecular weight excluding hydrogens is 1250 g/mol. The van der Waals surface area contributed by atoms with Gasteiger partial charge in [-0.3, -0.25) is 9.97 Å². The third-order valence-corrected chi connectivity index (χ3v) is 19.0. The minimum atomic E-state index is 0.0118. The first kappa shape index (κ1) is 63.9. The molecule has 0 aliphatic heterocycles. The maximum Gasteiger partial charge on any atom is 0.164 e. The van der Waals surface area contributed by atoms with E-state index in [4.69, 9.17) is 42.7 Å². The maximum atomic E-state index is 5.27. The summed E-state index contributed by atoms with van der Waals surface area (Å²) < 4.78 is 4.72. The average molecular weight is 1320 g/mol. The van der Waals surface area contributed by atoms with Crippen molar-refractivity contribution >= 4 is 104 Å². The molecule has 0 saturated carbocycles. The Bertz CT molecular complexity index is 5670. The van der Waals surface area contributed by atoms with Crippen molar-refractivity contribution in [2.75, 3.05) is 6.06 Å². The van der Waals surface area contributed by atoms with E-state index in [-0.39, 0.29) is 10.8 Å². The molecule has 1 unspecified atom stereocenters. The summed E-state index contributed by atoms with van der Waals surface area (Å²) in [5.74, 6) is 1.76. The summed E-state index contributed by atoms with van der Waals surface area (Å²) in [5.41, 5.74) is 21.7. The van der Waals surface area contributed by atoms with Gasteiger partial charge in [0.1, 0.15) is 0 Å². The molecule has 18 aromatic rings. The van der Waals surface area contributed by atoms with Crippen LogP contribution in [-0.2, 0) is 10.8 Å². The van der Waals surface area contributed by atoms with Gasteiger partial charge in [0, 0.05) is 94.7 Å². The number of benzene rings is 11. The van der Waals surface area contributed by atoms with Gasteiger partial charge < -0.3 is 9.13 Å². The molecule has 0 fully saturated rings. The second-order valence-electron chi connectivity index (χ2n) is 27.6. The Balaban J connectivity index is 0.000000165. The largest absolute Gasteiger partial charge is 0.309 e. The van der Waals surface area contributed by atoms with Crippen LogP contribution in [0.3, 0.4) is 0 Å². The molecule has 0 aliphatic rings. The molecule has 1 atom stereocenters. The van der Waals surface area contributed by atoms with Gasteiger partial charge in [0.25, 0.3) is 0 Å². The number of hydrogen-bond acceptors (Lipinski definition) is 7. The minimum Gasteiger partial charge on any atom is -0.309 e. The quantitative estimate of drug-likeness (QED) is 0.0849. The van der Waals surface area contributed by atoms with E-state index in [2.05, 4.69) is 333 Å². The van der Waals surface area contributed by atoms with Gasteiger partial charge in [0.05, 0.1) is 63.4 Å². The van der Waals surface area contributed by atoms with Gasteiger partial charge in [-0.1, -0.05) is 242 Å². The van der Waals surface area contributed by atoms with Crippen LogP contribution in [0.4, 0.5) is 0 Å². The summed E-state index contributed by atoms with van der Waals surface area (Å²) in [7, 11) is 7.17. The van der Waals surface area contributed by atoms with Crippen molar-refractivity contribution in [3.8, 4) is 79.2 Å². The fourth-order valence-electron chi connectivity index (χ4n) is 13.8. The molecule has 0 saturated heterocycles. The van der Waals surface area contributed by atoms with E-state index in [1.54, 1.807) is 0 Å². The Morgan fingerprint density at radius 2 is 0.594 bits per heavy atom. The Labute approximate surface area is 591 Å². The van der Waals surface area contributed by atoms with Crippen molar-refractivity contribution < 1.29 is 0 Å². The van der Waals surface area contributed by atoms with Crippen molar-refractivity contribution in [1.82, 2.24) is 44.0 Å². The average Bonchev–Trinajstić information content (AvgIpc) is 1.65. The molecule has 0 bridgehead atoms. The van der Waals surface area contributed by atoms with Crippen molar-refractivity contribution in [2.24, 2.45) is 0 Å². The molecule has 484 valence electrons. The number of hydrogen-bond donors (Lipinski definition) is 0. The van der Waals surface area contributed by atoms with E-state index in [9.17, 15) is 0 Å². The number of fused-ring (bicyclic) bond motifs is 12. The van der Waals surface area contributed by atoms with Gasteiger partial charge in [0.15, 0.2) is 17.5 Å². The van der Waals surface area contributed by atoms with Crippen LogP contribution in [0.5, 0.6) is 0 Å². The lowest BCUT2D eigenvalue weighted by Gasteiger charge is -2.19. The van der Waals surface area contributed by atoms with E-state index < -0.39 is 0 Å². The molecule has 0 spiro atoms. The van der Waals surface area contributed by atoms with Crippen LogP contribution in [0.15, 0.2) is 298 Å². The standard InChI is InChI=1S/C53H43N7.C36H24N2.CH4BP/c1-52(2,3)41-21-15-36(16-22-41)49-58-50(37-17-23-42(24-18-37)53(4,5)6)60-51(59-49)40-30-38(43-25-19-34-13-11-32-9-7-27-54-45(32)47(34)56-43)29-39(31-40)44-26-20-35-14-12-33-10-8-28-55-46(33)48(35)57-44;1-5-13-33-29(9-1)30-10-2-6-14-34(30)37(33)27-21-17-25(18-22-27)26-19-23-28(24-20-26)38-35-15-7-3-11-31(35)32-12-4-8-16-36(32)38;2-1-3/h7-31H,1-6H3;1-24H;1,3H2. The summed E-state index contributed by atoms with van der Waals surface area (Å²) >= 11 is 0. The lowest BCUT2D eigenvalue weighted by atomic mass is 9.86. The van der Waals surface area contributed by atoms with Crippen LogP contribution in [0.1, 0.15) is 52.7 Å². The minimum absolute atomic E-state index is 0.0118. The number of para-hydroxylation sites is 4. The number of nitrogens with zero attached hydrogens (tertiary/aromatic N) is 9. The maximum absolute atomic E-state index is 5.27. The highest BCUT2D eigenvalue weighted by molar-refractivity contribution is 7.19. The van der Waals surface area contributed by atoms with Crippen LogP contribution in [-0.4, -0.2) is 57.9 Å². The van der Waals surface area contributed by atoms with Gasteiger partial charge in [-0.05, 0) is 124 Å². The molecule has 18 rings (SSSR count). The molecule has 0 N–H and O–H groups in total. The van der Waals surface area contributed by atoms with E-state index >= 15 is 0 Å². The molecule has 11 heteroatoms. The van der Waals surface area contributed by atoms with E-state index in [0.717, 1.165) is 82.8 Å². The molecule has 0 amide bonds. The van der Waals surface area contributed by atoms with Crippen LogP contribution >= 0.6 is 9.24 Å². The monoisotopic (exact) mass is 1320 g/mol. The van der Waals surface area contributed by atoms with Gasteiger partial charge >= 0.3 is 0 Å². The summed E-state index contributed by atoms with van der Waals surface area (Å²) in [6.07, 6.45) is 3.64. The molecule has 9 nitrogen and oxygen atoms in total. The van der Waals surface area contributed by atoms with E-state index in [0.29, 0.717) is 23.5 Å². The molecular formula is C90H71BN9P. The Kier molecular flexibility index (Phi) is 16.7. The Morgan fingerprint density at radius 1 is 0.297 bits per heavy atom. The molecule has 0 aliphatic carbocycles. The van der Waals surface area contributed by atoms with Crippen molar-refractivity contribution in [2.45, 2.75) is 52.4 Å². The van der Waals surface area contributed by atoms with Crippen LogP contribution < -0.4 is 0 Å². The van der Waals surface area contributed by atoms with Crippen LogP contribution in [0, 0.1) is 0 Å². The highest BCUT2D eigenvalue weighted by Crippen LogP contribution is 2.39. The van der Waals surface area contributed by atoms with Crippen molar-refractivity contribution in [3.05, 3.63) is 309 Å². The zero-order valence-electron chi connectivity index (χ0n) is 57.2. The fourth-order valence-corrected chi connectivity index (χ4v) is 13.8. The molecule has 2 radical (unpaired) electrons. The predicted molar refractivity (Wildman–Crippen MR) is 426 cm³/mol. The van der Waals surface area contributed by atoms with E-state index in [1.807, 2.05) is 24.5 Å². The highest BCUT2D eigenvalue weighted by Gasteiger charge is 2.21. The smallest absolute Gasteiger partial charge is 0.164 e. The molecule has 7 aromatic heterocycles. The van der Waals surface area contributed by atoms with Crippen LogP contribution in [0.2, 0.25) is 0 Å². The third-order valence-electron chi connectivity index (χ3n) is 19.0. The molecule has 11 aromatic carbocycles. The first-order chi connectivity index (χ1) is 49.2. The summed E-state index contributed by atoms with van der Waals surface area (Å²) in [6, 6.07) is 101. The Morgan fingerprint density at radius 3 is 0.941 bits per heavy atom. The molecule has 101 heavy (non-hydrogen) atoms. The Hall–Kier alpha value is -11.8. The second-order valence-corrected chi connectivity index (χ2v) is 28.1. The molecule has 7 heterocycles. The second kappa shape index (κ2) is 26.4. The van der Waals surface area contributed by atoms with Crippen molar-refractivity contribution in [3.63, 3.8) is 0 Å². The van der Waals surface area contributed by atoms with Crippen molar-refractivity contribution in [1.29, 1.82) is 0 Å². The van der Waals surface area contributed by atoms with Gasteiger partial charge in [-0.25, -0.2) is 24.9 Å². The normalized spacial score (nSPS) is 11.8. The SMILES string of the molecule is CC(C)(C)c1ccc(-c2nc(-c3ccc(C(C)(C)C)cc3)nc(-c3cc(-c4ccc5ccc6cccnc6c5n4)cc(-c4ccc5ccc6cccnc6c5n4)c3)n2)cc1.[B]CP.c1ccc2c(c1)c1ccccc1n2-c1ccc(-c2ccc(-n3c4ccccc4c4ccccc43)cc2)cc1. The zero-order chi connectivity index (χ0) is 68.9. The number of rotatable bonds is 8. The summed E-state index contributed by atoms with van der Waals surface area (Å²) in [5, 5.41) is 9.28. The highest BCUT2D eigenvalue weighted by atomic mass is 31.0. The number of pyridine rings is 4. The van der Waals surface area contributed by atoms with Gasteiger partial charge in [-0.2, -0.15) is 0 Å². The topological polar surface area (TPSA) is 100 Å². The lowest BCUT2D eigenvalue weighted by molar-refractivity contribution is 0.590. The first-order valence-corrected chi connectivity index (χ1v) is 35.1. The third kappa shape index (κ3) is 12.4. The first-order valence-electron chi connectivity index (χ1n) is 34.2. The van der Waals surface area contributed by atoms with Gasteiger partial charge in [-0.15, -0.1) is 9.24 Å². The van der Waals surface area contributed by atoms with Gasteiger partial charge in [0.2, 0.25) is 0 Å². The summed E-state index contributed by atoms with van der Waals surface area (Å²) in [4.78, 5) is 35.6. The zero-order valence-corrected chi connectivity index (χ0v) is 58.3. The van der Waals surface area contributed by atoms with Crippen LogP contribution in [0.25, 0.3) is 166 Å². The van der Waals surface area contributed by atoms with E-state index in [1.165, 1.54) is 77.2 Å². The number of aromatic nitrogens is 9. The predicted octanol–water partition coefficient (Wildman–Crippen LogP) is 22.5.